The van der Waals surface area contributed by atoms with Gasteiger partial charge in [0.15, 0.2) is 0 Å². The summed E-state index contributed by atoms with van der Waals surface area (Å²) >= 11 is 1.30. The van der Waals surface area contributed by atoms with Gasteiger partial charge in [-0.3, -0.25) is 14.5 Å². The maximum atomic E-state index is 13.1. The van der Waals surface area contributed by atoms with Crippen LogP contribution in [0.25, 0.3) is 0 Å². The average Bonchev–Trinajstić information content (AvgIpc) is 3.09. The van der Waals surface area contributed by atoms with Crippen molar-refractivity contribution in [3.63, 3.8) is 0 Å². The number of nitrogens with zero attached hydrogens (tertiary/aromatic N) is 2. The normalized spacial score (nSPS) is 18.7. The Morgan fingerprint density at radius 3 is 2.57 bits per heavy atom. The van der Waals surface area contributed by atoms with E-state index >= 15 is 0 Å². The molecular formula is C20H20N4O3S. The number of carbonyl (C=O) groups excluding carboxylic acids is 3. The van der Waals surface area contributed by atoms with Crippen LogP contribution in [0.2, 0.25) is 0 Å². The molecule has 0 spiro atoms. The predicted molar refractivity (Wildman–Crippen MR) is 106 cm³/mol. The number of carbonyl (C=O) groups is 3. The van der Waals surface area contributed by atoms with E-state index in [4.69, 9.17) is 0 Å². The molecule has 1 aromatic heterocycles. The van der Waals surface area contributed by atoms with E-state index < -0.39 is 29.9 Å². The minimum Gasteiger partial charge on any atom is -0.319 e. The van der Waals surface area contributed by atoms with Gasteiger partial charge in [-0.15, -0.1) is 11.3 Å². The number of aryl methyl sites for hydroxylation is 1. The standard InChI is InChI=1S/C20H20N4O3S/c1-4-20(14-8-6-5-7-9-14)18(26)24(19(27)23-20)11-16(25)22-17-15(10-21)12(2)13(3)28-17/h5-9H,4,11H2,1-3H3,(H,22,25)(H,23,27)/t20-/m1/s1. The van der Waals surface area contributed by atoms with Crippen molar-refractivity contribution in [1.29, 1.82) is 5.26 Å². The molecule has 1 aliphatic rings. The van der Waals surface area contributed by atoms with Crippen LogP contribution in [-0.2, 0) is 15.1 Å². The lowest BCUT2D eigenvalue weighted by molar-refractivity contribution is -0.134. The number of hydrogen-bond donors (Lipinski definition) is 2. The number of urea groups is 1. The molecule has 1 fully saturated rings. The number of hydrogen-bond acceptors (Lipinski definition) is 5. The third-order valence-corrected chi connectivity index (χ3v) is 6.15. The van der Waals surface area contributed by atoms with Crippen molar-refractivity contribution < 1.29 is 14.4 Å². The van der Waals surface area contributed by atoms with Gasteiger partial charge in [0.25, 0.3) is 5.91 Å². The first-order valence-electron chi connectivity index (χ1n) is 8.83. The van der Waals surface area contributed by atoms with Gasteiger partial charge >= 0.3 is 6.03 Å². The van der Waals surface area contributed by atoms with Crippen LogP contribution < -0.4 is 10.6 Å². The van der Waals surface area contributed by atoms with E-state index in [1.54, 1.807) is 24.3 Å². The third kappa shape index (κ3) is 3.14. The fourth-order valence-electron chi connectivity index (χ4n) is 3.29. The van der Waals surface area contributed by atoms with Gasteiger partial charge in [-0.05, 0) is 31.4 Å². The molecule has 2 aromatic rings. The van der Waals surface area contributed by atoms with E-state index in [2.05, 4.69) is 16.7 Å². The lowest BCUT2D eigenvalue weighted by Crippen LogP contribution is -2.44. The molecule has 2 N–H and O–H groups in total. The average molecular weight is 396 g/mol. The summed E-state index contributed by atoms with van der Waals surface area (Å²) in [6.45, 7) is 5.07. The zero-order valence-corrected chi connectivity index (χ0v) is 16.6. The fourth-order valence-corrected chi connectivity index (χ4v) is 4.32. The van der Waals surface area contributed by atoms with E-state index in [1.165, 1.54) is 11.3 Å². The first kappa shape index (κ1) is 19.6. The summed E-state index contributed by atoms with van der Waals surface area (Å²) in [5.74, 6) is -0.985. The van der Waals surface area contributed by atoms with Crippen molar-refractivity contribution in [2.45, 2.75) is 32.7 Å². The molecule has 0 bridgehead atoms. The number of anilines is 1. The van der Waals surface area contributed by atoms with Crippen molar-refractivity contribution in [1.82, 2.24) is 10.2 Å². The van der Waals surface area contributed by atoms with Crippen LogP contribution in [0.5, 0.6) is 0 Å². The zero-order chi connectivity index (χ0) is 20.5. The summed E-state index contributed by atoms with van der Waals surface area (Å²) < 4.78 is 0. The Hall–Kier alpha value is -3.18. The smallest absolute Gasteiger partial charge is 0.319 e. The number of thiophene rings is 1. The Kier molecular flexibility index (Phi) is 5.21. The van der Waals surface area contributed by atoms with Gasteiger partial charge in [0.05, 0.1) is 5.56 Å². The van der Waals surface area contributed by atoms with Crippen LogP contribution >= 0.6 is 11.3 Å². The summed E-state index contributed by atoms with van der Waals surface area (Å²) in [5.41, 5.74) is 0.717. The van der Waals surface area contributed by atoms with Crippen molar-refractivity contribution in [2.24, 2.45) is 0 Å². The Balaban J connectivity index is 1.81. The fraction of sp³-hybridized carbons (Fsp3) is 0.300. The highest BCUT2D eigenvalue weighted by atomic mass is 32.1. The molecular weight excluding hydrogens is 376 g/mol. The van der Waals surface area contributed by atoms with Crippen LogP contribution in [0, 0.1) is 25.2 Å². The summed E-state index contributed by atoms with van der Waals surface area (Å²) in [6, 6.07) is 10.5. The summed E-state index contributed by atoms with van der Waals surface area (Å²) in [5, 5.41) is 15.1. The van der Waals surface area contributed by atoms with Crippen molar-refractivity contribution in [2.75, 3.05) is 11.9 Å². The van der Waals surface area contributed by atoms with Gasteiger partial charge < -0.3 is 10.6 Å². The summed E-state index contributed by atoms with van der Waals surface area (Å²) in [4.78, 5) is 39.9. The molecule has 4 amide bonds. The minimum atomic E-state index is -1.17. The number of amides is 4. The SMILES string of the molecule is CC[C@]1(c2ccccc2)NC(=O)N(CC(=O)Nc2sc(C)c(C)c2C#N)C1=O. The predicted octanol–water partition coefficient (Wildman–Crippen LogP) is 3.03. The quantitative estimate of drug-likeness (QED) is 0.758. The molecule has 1 aromatic carbocycles. The second-order valence-electron chi connectivity index (χ2n) is 6.59. The van der Waals surface area contributed by atoms with E-state index in [0.29, 0.717) is 22.5 Å². The van der Waals surface area contributed by atoms with Crippen molar-refractivity contribution in [3.05, 3.63) is 51.9 Å². The number of nitriles is 1. The molecule has 3 rings (SSSR count). The molecule has 144 valence electrons. The molecule has 28 heavy (non-hydrogen) atoms. The molecule has 1 aliphatic heterocycles. The van der Waals surface area contributed by atoms with Gasteiger partial charge in [0, 0.05) is 4.88 Å². The second kappa shape index (κ2) is 7.44. The number of nitrogens with one attached hydrogen (secondary N) is 2. The maximum absolute atomic E-state index is 13.1. The molecule has 0 aliphatic carbocycles. The van der Waals surface area contributed by atoms with E-state index in [1.807, 2.05) is 26.8 Å². The molecule has 1 atom stereocenters. The van der Waals surface area contributed by atoms with Crippen LogP contribution in [0.15, 0.2) is 30.3 Å². The first-order chi connectivity index (χ1) is 13.3. The third-order valence-electron chi connectivity index (χ3n) is 5.02. The molecule has 7 nitrogen and oxygen atoms in total. The van der Waals surface area contributed by atoms with Gasteiger partial charge in [0.1, 0.15) is 23.2 Å². The largest absolute Gasteiger partial charge is 0.325 e. The summed E-state index contributed by atoms with van der Waals surface area (Å²) in [7, 11) is 0. The lowest BCUT2D eigenvalue weighted by Gasteiger charge is -2.25. The van der Waals surface area contributed by atoms with Gasteiger partial charge in [0.2, 0.25) is 5.91 Å². The van der Waals surface area contributed by atoms with Crippen LogP contribution in [0.3, 0.4) is 0 Å². The van der Waals surface area contributed by atoms with Crippen LogP contribution in [-0.4, -0.2) is 29.3 Å². The molecule has 2 heterocycles. The van der Waals surface area contributed by atoms with Crippen LogP contribution in [0.4, 0.5) is 9.80 Å². The van der Waals surface area contributed by atoms with Crippen LogP contribution in [0.1, 0.15) is 34.9 Å². The second-order valence-corrected chi connectivity index (χ2v) is 7.82. The molecule has 8 heteroatoms. The summed E-state index contributed by atoms with van der Waals surface area (Å²) in [6.07, 6.45) is 0.363. The number of imide groups is 1. The van der Waals surface area contributed by atoms with Crippen molar-refractivity contribution in [3.8, 4) is 6.07 Å². The van der Waals surface area contributed by atoms with E-state index in [9.17, 15) is 19.6 Å². The molecule has 1 saturated heterocycles. The monoisotopic (exact) mass is 396 g/mol. The Morgan fingerprint density at radius 1 is 1.29 bits per heavy atom. The zero-order valence-electron chi connectivity index (χ0n) is 15.8. The highest BCUT2D eigenvalue weighted by Crippen LogP contribution is 2.33. The minimum absolute atomic E-state index is 0.363. The molecule has 0 radical (unpaired) electrons. The van der Waals surface area contributed by atoms with Gasteiger partial charge in [-0.1, -0.05) is 37.3 Å². The molecule has 0 saturated carbocycles. The van der Waals surface area contributed by atoms with E-state index in [0.717, 1.165) is 15.3 Å². The number of benzene rings is 1. The maximum Gasteiger partial charge on any atom is 0.325 e. The van der Waals surface area contributed by atoms with E-state index in [-0.39, 0.29) is 0 Å². The van der Waals surface area contributed by atoms with Gasteiger partial charge in [-0.25, -0.2) is 4.79 Å². The Bertz CT molecular complexity index is 993. The van der Waals surface area contributed by atoms with Crippen molar-refractivity contribution >= 4 is 34.2 Å². The molecule has 0 unspecified atom stereocenters. The first-order valence-corrected chi connectivity index (χ1v) is 9.65. The Morgan fingerprint density at radius 2 is 1.96 bits per heavy atom. The number of rotatable bonds is 5. The highest BCUT2D eigenvalue weighted by molar-refractivity contribution is 7.16. The Labute approximate surface area is 167 Å². The highest BCUT2D eigenvalue weighted by Gasteiger charge is 2.51. The topological polar surface area (TPSA) is 102 Å². The lowest BCUT2D eigenvalue weighted by atomic mass is 9.87. The van der Waals surface area contributed by atoms with Gasteiger partial charge in [-0.2, -0.15) is 5.26 Å².